The van der Waals surface area contributed by atoms with Crippen molar-refractivity contribution in [1.29, 1.82) is 0 Å². The van der Waals surface area contributed by atoms with E-state index in [0.29, 0.717) is 16.9 Å². The molecule has 0 heterocycles. The molecule has 0 aliphatic heterocycles. The van der Waals surface area contributed by atoms with Gasteiger partial charge in [-0.1, -0.05) is 22.0 Å². The van der Waals surface area contributed by atoms with Crippen molar-refractivity contribution in [1.82, 2.24) is 5.32 Å². The van der Waals surface area contributed by atoms with Crippen molar-refractivity contribution in [2.75, 3.05) is 14.2 Å². The second-order valence-electron chi connectivity index (χ2n) is 4.73. The van der Waals surface area contributed by atoms with Gasteiger partial charge in [0.2, 0.25) is 0 Å². The highest BCUT2D eigenvalue weighted by Crippen LogP contribution is 2.33. The topological polar surface area (TPSA) is 21.3 Å². The smallest absolute Gasteiger partial charge is 0.131 e. The number of benzene rings is 2. The van der Waals surface area contributed by atoms with Crippen LogP contribution in [0.15, 0.2) is 34.8 Å². The summed E-state index contributed by atoms with van der Waals surface area (Å²) < 4.78 is 33.5. The third-order valence-corrected chi connectivity index (χ3v) is 4.08. The zero-order chi connectivity index (χ0) is 15.6. The number of methoxy groups -OCH3 is 1. The molecule has 5 heteroatoms. The predicted octanol–water partition coefficient (Wildman–Crippen LogP) is 4.35. The number of nitrogens with one attached hydrogen (secondary N) is 1. The number of hydrogen-bond donors (Lipinski definition) is 1. The van der Waals surface area contributed by atoms with Gasteiger partial charge in [0.05, 0.1) is 13.2 Å². The minimum Gasteiger partial charge on any atom is -0.497 e. The monoisotopic (exact) mass is 355 g/mol. The molecule has 2 aromatic carbocycles. The van der Waals surface area contributed by atoms with Crippen LogP contribution in [0.1, 0.15) is 22.7 Å². The fraction of sp³-hybridized carbons (Fsp3) is 0.250. The van der Waals surface area contributed by atoms with Gasteiger partial charge in [-0.05, 0) is 43.3 Å². The van der Waals surface area contributed by atoms with Gasteiger partial charge in [-0.25, -0.2) is 8.78 Å². The molecule has 0 bridgehead atoms. The molecule has 1 N–H and O–H groups in total. The predicted molar refractivity (Wildman–Crippen MR) is 82.7 cm³/mol. The van der Waals surface area contributed by atoms with Crippen LogP contribution in [-0.2, 0) is 0 Å². The normalized spacial score (nSPS) is 12.3. The molecule has 2 aromatic rings. The average molecular weight is 356 g/mol. The number of hydrogen-bond acceptors (Lipinski definition) is 2. The van der Waals surface area contributed by atoms with Crippen LogP contribution in [0, 0.1) is 18.6 Å². The van der Waals surface area contributed by atoms with Crippen molar-refractivity contribution < 1.29 is 13.5 Å². The third-order valence-electron chi connectivity index (χ3n) is 3.40. The molecule has 1 unspecified atom stereocenters. The highest BCUT2D eigenvalue weighted by molar-refractivity contribution is 9.10. The first kappa shape index (κ1) is 15.9. The Morgan fingerprint density at radius 1 is 1.10 bits per heavy atom. The van der Waals surface area contributed by atoms with E-state index in [0.717, 1.165) is 16.1 Å². The molecule has 0 aromatic heterocycles. The Balaban J connectivity index is 2.52. The lowest BCUT2D eigenvalue weighted by atomic mass is 9.96. The van der Waals surface area contributed by atoms with Gasteiger partial charge in [0, 0.05) is 16.1 Å². The molecule has 0 aliphatic carbocycles. The first-order valence-electron chi connectivity index (χ1n) is 6.44. The summed E-state index contributed by atoms with van der Waals surface area (Å²) in [5.74, 6) is -0.406. The van der Waals surface area contributed by atoms with Crippen molar-refractivity contribution in [2.24, 2.45) is 0 Å². The molecule has 0 spiro atoms. The van der Waals surface area contributed by atoms with Gasteiger partial charge in [-0.2, -0.15) is 0 Å². The molecule has 2 rings (SSSR count). The maximum absolute atomic E-state index is 14.1. The highest BCUT2D eigenvalue weighted by Gasteiger charge is 2.20. The van der Waals surface area contributed by atoms with Crippen LogP contribution in [0.3, 0.4) is 0 Å². The van der Waals surface area contributed by atoms with Crippen LogP contribution < -0.4 is 10.1 Å². The van der Waals surface area contributed by atoms with E-state index in [1.165, 1.54) is 6.07 Å². The Bertz CT molecular complexity index is 661. The van der Waals surface area contributed by atoms with E-state index < -0.39 is 11.6 Å². The summed E-state index contributed by atoms with van der Waals surface area (Å²) in [5.41, 5.74) is 1.67. The second kappa shape index (κ2) is 6.54. The Labute approximate surface area is 131 Å². The summed E-state index contributed by atoms with van der Waals surface area (Å²) in [7, 11) is 3.32. The van der Waals surface area contributed by atoms with Crippen molar-refractivity contribution >= 4 is 15.9 Å². The van der Waals surface area contributed by atoms with Crippen LogP contribution in [0.2, 0.25) is 0 Å². The van der Waals surface area contributed by atoms with E-state index in [1.54, 1.807) is 27.1 Å². The van der Waals surface area contributed by atoms with Crippen LogP contribution >= 0.6 is 15.9 Å². The molecule has 0 fully saturated rings. The number of halogens is 3. The molecule has 0 saturated carbocycles. The summed E-state index contributed by atoms with van der Waals surface area (Å²) in [6.45, 7) is 1.62. The van der Waals surface area contributed by atoms with Crippen molar-refractivity contribution in [3.05, 3.63) is 63.1 Å². The Morgan fingerprint density at radius 2 is 1.81 bits per heavy atom. The van der Waals surface area contributed by atoms with Gasteiger partial charge in [0.15, 0.2) is 0 Å². The maximum Gasteiger partial charge on any atom is 0.131 e. The van der Waals surface area contributed by atoms with Crippen LogP contribution in [0.5, 0.6) is 5.75 Å². The van der Waals surface area contributed by atoms with Crippen LogP contribution in [0.4, 0.5) is 8.78 Å². The molecular formula is C16H16BrF2NO. The lowest BCUT2D eigenvalue weighted by Gasteiger charge is -2.20. The molecule has 0 amide bonds. The Kier molecular flexibility index (Phi) is 4.96. The fourth-order valence-corrected chi connectivity index (χ4v) is 2.83. The third kappa shape index (κ3) is 3.24. The molecule has 1 atom stereocenters. The van der Waals surface area contributed by atoms with E-state index in [-0.39, 0.29) is 6.04 Å². The molecule has 0 saturated heterocycles. The second-order valence-corrected chi connectivity index (χ2v) is 5.59. The summed E-state index contributed by atoms with van der Waals surface area (Å²) in [6, 6.07) is 7.54. The maximum atomic E-state index is 14.1. The van der Waals surface area contributed by atoms with Crippen molar-refractivity contribution in [3.8, 4) is 5.75 Å². The SMILES string of the molecule is CNC(c1cc(C)c(F)cc1F)c1ccc(OC)cc1Br. The largest absolute Gasteiger partial charge is 0.497 e. The molecule has 0 aliphatic rings. The van der Waals surface area contributed by atoms with E-state index in [1.807, 2.05) is 12.1 Å². The van der Waals surface area contributed by atoms with E-state index >= 15 is 0 Å². The lowest BCUT2D eigenvalue weighted by molar-refractivity contribution is 0.414. The lowest BCUT2D eigenvalue weighted by Crippen LogP contribution is -2.20. The van der Waals surface area contributed by atoms with E-state index in [9.17, 15) is 8.78 Å². The minimum atomic E-state index is -0.569. The summed E-state index contributed by atoms with van der Waals surface area (Å²) in [5, 5.41) is 3.07. The summed E-state index contributed by atoms with van der Waals surface area (Å²) in [6.07, 6.45) is 0. The Hall–Kier alpha value is -1.46. The van der Waals surface area contributed by atoms with Gasteiger partial charge in [0.1, 0.15) is 17.4 Å². The van der Waals surface area contributed by atoms with Crippen molar-refractivity contribution in [3.63, 3.8) is 0 Å². The fourth-order valence-electron chi connectivity index (χ4n) is 2.25. The van der Waals surface area contributed by atoms with Gasteiger partial charge in [-0.15, -0.1) is 0 Å². The molecule has 112 valence electrons. The van der Waals surface area contributed by atoms with Gasteiger partial charge in [0.25, 0.3) is 0 Å². The molecule has 21 heavy (non-hydrogen) atoms. The van der Waals surface area contributed by atoms with E-state index in [4.69, 9.17) is 4.74 Å². The van der Waals surface area contributed by atoms with Gasteiger partial charge in [-0.3, -0.25) is 0 Å². The first-order chi connectivity index (χ1) is 9.97. The zero-order valence-electron chi connectivity index (χ0n) is 12.0. The van der Waals surface area contributed by atoms with Gasteiger partial charge >= 0.3 is 0 Å². The van der Waals surface area contributed by atoms with Crippen LogP contribution in [0.25, 0.3) is 0 Å². The summed E-state index contributed by atoms with van der Waals surface area (Å²) >= 11 is 3.47. The van der Waals surface area contributed by atoms with Gasteiger partial charge < -0.3 is 10.1 Å². The minimum absolute atomic E-state index is 0.385. The zero-order valence-corrected chi connectivity index (χ0v) is 13.6. The number of ether oxygens (including phenoxy) is 1. The molecule has 0 radical (unpaired) electrons. The molecular weight excluding hydrogens is 340 g/mol. The standard InChI is InChI=1S/C16H16BrF2NO/c1-9-6-12(15(19)8-14(9)18)16(20-2)11-5-4-10(21-3)7-13(11)17/h4-8,16,20H,1-3H3. The summed E-state index contributed by atoms with van der Waals surface area (Å²) in [4.78, 5) is 0. The Morgan fingerprint density at radius 3 is 2.38 bits per heavy atom. The number of aryl methyl sites for hydroxylation is 1. The number of rotatable bonds is 4. The average Bonchev–Trinajstić information content (AvgIpc) is 2.46. The van der Waals surface area contributed by atoms with Crippen LogP contribution in [-0.4, -0.2) is 14.2 Å². The van der Waals surface area contributed by atoms with Crippen molar-refractivity contribution in [2.45, 2.75) is 13.0 Å². The van der Waals surface area contributed by atoms with E-state index in [2.05, 4.69) is 21.2 Å². The molecule has 2 nitrogen and oxygen atoms in total. The highest BCUT2D eigenvalue weighted by atomic mass is 79.9. The quantitative estimate of drug-likeness (QED) is 0.879. The first-order valence-corrected chi connectivity index (χ1v) is 7.23.